The third-order valence-electron chi connectivity index (χ3n) is 3.94. The van der Waals surface area contributed by atoms with Crippen LogP contribution in [0.3, 0.4) is 0 Å². The molecule has 1 atom stereocenters. The second-order valence-corrected chi connectivity index (χ2v) is 7.17. The average molecular weight is 296 g/mol. The van der Waals surface area contributed by atoms with Gasteiger partial charge in [-0.3, -0.25) is 9.88 Å². The predicted octanol–water partition coefficient (Wildman–Crippen LogP) is 0.0553. The minimum absolute atomic E-state index is 0.00793. The molecule has 1 aliphatic carbocycles. The third-order valence-corrected chi connectivity index (χ3v) is 5.53. The monoisotopic (exact) mass is 296 g/mol. The number of nitrogens with two attached hydrogens (primary N) is 1. The molecule has 6 nitrogen and oxygen atoms in total. The van der Waals surface area contributed by atoms with E-state index in [4.69, 9.17) is 5.73 Å². The molecule has 110 valence electrons. The zero-order chi connectivity index (χ0) is 14.2. The number of hydrogen-bond acceptors (Lipinski definition) is 5. The van der Waals surface area contributed by atoms with Crippen LogP contribution in [0.1, 0.15) is 25.0 Å². The molecule has 7 heteroatoms. The highest BCUT2D eigenvalue weighted by Crippen LogP contribution is 2.30. The average Bonchev–Trinajstić information content (AvgIpc) is 3.20. The first-order valence-corrected chi connectivity index (χ1v) is 8.49. The lowest BCUT2D eigenvalue weighted by Gasteiger charge is -2.16. The summed E-state index contributed by atoms with van der Waals surface area (Å²) in [6.07, 6.45) is 4.93. The van der Waals surface area contributed by atoms with Crippen LogP contribution >= 0.6 is 0 Å². The van der Waals surface area contributed by atoms with E-state index in [-0.39, 0.29) is 17.5 Å². The van der Waals surface area contributed by atoms with Gasteiger partial charge in [-0.2, -0.15) is 0 Å². The van der Waals surface area contributed by atoms with Crippen molar-refractivity contribution in [2.24, 2.45) is 5.73 Å². The summed E-state index contributed by atoms with van der Waals surface area (Å²) in [5, 5.41) is 0. The van der Waals surface area contributed by atoms with Crippen molar-refractivity contribution in [3.63, 3.8) is 0 Å². The van der Waals surface area contributed by atoms with E-state index in [1.807, 2.05) is 0 Å². The van der Waals surface area contributed by atoms with Gasteiger partial charge in [0.2, 0.25) is 10.0 Å². The molecule has 0 amide bonds. The molecule has 1 saturated heterocycles. The van der Waals surface area contributed by atoms with Crippen LogP contribution in [0.15, 0.2) is 23.2 Å². The Hall–Kier alpha value is -1.02. The molecule has 2 heterocycles. The number of nitrogens with zero attached hydrogens (tertiary/aromatic N) is 2. The molecule has 2 fully saturated rings. The van der Waals surface area contributed by atoms with Gasteiger partial charge in [-0.05, 0) is 31.4 Å². The van der Waals surface area contributed by atoms with Gasteiger partial charge in [0, 0.05) is 37.9 Å². The molecular formula is C13H20N4O2S. The molecule has 2 aliphatic rings. The SMILES string of the molecule is NCc1ncccc1S(=O)(=O)NC1CCN(C2CC2)C1. The first-order valence-electron chi connectivity index (χ1n) is 7.00. The lowest BCUT2D eigenvalue weighted by molar-refractivity contribution is 0.322. The van der Waals surface area contributed by atoms with Gasteiger partial charge in [-0.25, -0.2) is 13.1 Å². The van der Waals surface area contributed by atoms with Gasteiger partial charge in [0.1, 0.15) is 4.90 Å². The molecule has 0 spiro atoms. The Labute approximate surface area is 119 Å². The van der Waals surface area contributed by atoms with Crippen LogP contribution in [0.2, 0.25) is 0 Å². The number of aromatic nitrogens is 1. The summed E-state index contributed by atoms with van der Waals surface area (Å²) >= 11 is 0. The molecule has 1 aliphatic heterocycles. The van der Waals surface area contributed by atoms with Crippen LogP contribution in [0.5, 0.6) is 0 Å². The lowest BCUT2D eigenvalue weighted by Crippen LogP contribution is -2.38. The normalized spacial score (nSPS) is 24.1. The predicted molar refractivity (Wildman–Crippen MR) is 75.4 cm³/mol. The number of hydrogen-bond donors (Lipinski definition) is 2. The van der Waals surface area contributed by atoms with Crippen molar-refractivity contribution >= 4 is 10.0 Å². The maximum atomic E-state index is 12.4. The summed E-state index contributed by atoms with van der Waals surface area (Å²) < 4.78 is 27.7. The third kappa shape index (κ3) is 2.85. The van der Waals surface area contributed by atoms with Gasteiger partial charge < -0.3 is 5.73 Å². The quantitative estimate of drug-likeness (QED) is 0.802. The van der Waals surface area contributed by atoms with E-state index in [1.165, 1.54) is 12.8 Å². The molecule has 1 saturated carbocycles. The van der Waals surface area contributed by atoms with Crippen molar-refractivity contribution < 1.29 is 8.42 Å². The van der Waals surface area contributed by atoms with E-state index >= 15 is 0 Å². The second kappa shape index (κ2) is 5.40. The van der Waals surface area contributed by atoms with Crippen LogP contribution in [-0.2, 0) is 16.6 Å². The van der Waals surface area contributed by atoms with Crippen LogP contribution in [0.4, 0.5) is 0 Å². The Morgan fingerprint density at radius 3 is 2.90 bits per heavy atom. The summed E-state index contributed by atoms with van der Waals surface area (Å²) in [7, 11) is -3.53. The second-order valence-electron chi connectivity index (χ2n) is 5.49. The van der Waals surface area contributed by atoms with E-state index in [0.29, 0.717) is 11.7 Å². The maximum absolute atomic E-state index is 12.4. The molecule has 0 radical (unpaired) electrons. The molecule has 1 unspecified atom stereocenters. The number of pyridine rings is 1. The molecule has 0 aromatic carbocycles. The topological polar surface area (TPSA) is 88.3 Å². The van der Waals surface area contributed by atoms with Crippen molar-refractivity contribution in [3.05, 3.63) is 24.0 Å². The van der Waals surface area contributed by atoms with E-state index in [1.54, 1.807) is 18.3 Å². The Balaban J connectivity index is 1.72. The van der Waals surface area contributed by atoms with Gasteiger partial charge in [-0.15, -0.1) is 0 Å². The van der Waals surface area contributed by atoms with Gasteiger partial charge in [-0.1, -0.05) is 0 Å². The fourth-order valence-corrected chi connectivity index (χ4v) is 4.22. The number of likely N-dealkylation sites (tertiary alicyclic amines) is 1. The maximum Gasteiger partial charge on any atom is 0.242 e. The molecular weight excluding hydrogens is 276 g/mol. The molecule has 3 N–H and O–H groups in total. The van der Waals surface area contributed by atoms with E-state index in [2.05, 4.69) is 14.6 Å². The van der Waals surface area contributed by atoms with Crippen molar-refractivity contribution in [2.75, 3.05) is 13.1 Å². The van der Waals surface area contributed by atoms with Crippen molar-refractivity contribution in [2.45, 2.75) is 42.8 Å². The fourth-order valence-electron chi connectivity index (χ4n) is 2.76. The van der Waals surface area contributed by atoms with E-state index in [0.717, 1.165) is 19.5 Å². The molecule has 20 heavy (non-hydrogen) atoms. The van der Waals surface area contributed by atoms with Crippen molar-refractivity contribution in [3.8, 4) is 0 Å². The Bertz CT molecular complexity index is 586. The van der Waals surface area contributed by atoms with Gasteiger partial charge in [0.15, 0.2) is 0 Å². The largest absolute Gasteiger partial charge is 0.325 e. The summed E-state index contributed by atoms with van der Waals surface area (Å²) in [5.41, 5.74) is 5.98. The first-order chi connectivity index (χ1) is 9.60. The molecule has 0 bridgehead atoms. The number of nitrogens with one attached hydrogen (secondary N) is 1. The van der Waals surface area contributed by atoms with E-state index in [9.17, 15) is 8.42 Å². The summed E-state index contributed by atoms with van der Waals surface area (Å²) in [6.45, 7) is 1.91. The fraction of sp³-hybridized carbons (Fsp3) is 0.615. The van der Waals surface area contributed by atoms with Crippen molar-refractivity contribution in [1.29, 1.82) is 0 Å². The van der Waals surface area contributed by atoms with Gasteiger partial charge in [0.25, 0.3) is 0 Å². The minimum atomic E-state index is -3.53. The summed E-state index contributed by atoms with van der Waals surface area (Å²) in [4.78, 5) is 6.61. The highest BCUT2D eigenvalue weighted by atomic mass is 32.2. The Morgan fingerprint density at radius 2 is 2.20 bits per heavy atom. The standard InChI is InChI=1S/C13H20N4O2S/c14-8-12-13(2-1-6-15-12)20(18,19)16-10-5-7-17(9-10)11-3-4-11/h1-2,6,10-11,16H,3-5,7-9,14H2. The number of rotatable bonds is 5. The number of sulfonamides is 1. The zero-order valence-corrected chi connectivity index (χ0v) is 12.1. The van der Waals surface area contributed by atoms with Crippen LogP contribution in [0.25, 0.3) is 0 Å². The van der Waals surface area contributed by atoms with E-state index < -0.39 is 10.0 Å². The van der Waals surface area contributed by atoms with Crippen LogP contribution < -0.4 is 10.5 Å². The van der Waals surface area contributed by atoms with Gasteiger partial charge in [0.05, 0.1) is 5.69 Å². The lowest BCUT2D eigenvalue weighted by atomic mass is 10.3. The zero-order valence-electron chi connectivity index (χ0n) is 11.3. The Kier molecular flexibility index (Phi) is 3.76. The molecule has 1 aromatic heterocycles. The highest BCUT2D eigenvalue weighted by Gasteiger charge is 2.36. The summed E-state index contributed by atoms with van der Waals surface area (Å²) in [5.74, 6) is 0. The van der Waals surface area contributed by atoms with Gasteiger partial charge >= 0.3 is 0 Å². The Morgan fingerprint density at radius 1 is 1.40 bits per heavy atom. The van der Waals surface area contributed by atoms with Crippen LogP contribution in [0, 0.1) is 0 Å². The molecule has 3 rings (SSSR count). The first kappa shape index (κ1) is 13.9. The minimum Gasteiger partial charge on any atom is -0.325 e. The van der Waals surface area contributed by atoms with Crippen LogP contribution in [-0.4, -0.2) is 43.5 Å². The molecule has 1 aromatic rings. The smallest absolute Gasteiger partial charge is 0.242 e. The summed E-state index contributed by atoms with van der Waals surface area (Å²) in [6, 6.07) is 3.86. The van der Waals surface area contributed by atoms with Crippen molar-refractivity contribution in [1.82, 2.24) is 14.6 Å². The highest BCUT2D eigenvalue weighted by molar-refractivity contribution is 7.89.